The molecule has 3 nitrogen and oxygen atoms in total. The lowest BCUT2D eigenvalue weighted by Crippen LogP contribution is -2.29. The van der Waals surface area contributed by atoms with Gasteiger partial charge in [0.05, 0.1) is 0 Å². The minimum absolute atomic E-state index is 0.764. The van der Waals surface area contributed by atoms with Gasteiger partial charge in [-0.3, -0.25) is 0 Å². The number of nitrogens with one attached hydrogen (secondary N) is 1. The minimum Gasteiger partial charge on any atom is -0.356 e. The van der Waals surface area contributed by atoms with Crippen molar-refractivity contribution in [2.75, 3.05) is 18.0 Å². The quantitative estimate of drug-likeness (QED) is 0.900. The van der Waals surface area contributed by atoms with Crippen LogP contribution in [0.3, 0.4) is 0 Å². The molecular formula is C16H25N3. The molecule has 2 fully saturated rings. The topological polar surface area (TPSA) is 28.2 Å². The van der Waals surface area contributed by atoms with Crippen molar-refractivity contribution in [2.24, 2.45) is 0 Å². The van der Waals surface area contributed by atoms with Crippen molar-refractivity contribution in [1.29, 1.82) is 0 Å². The van der Waals surface area contributed by atoms with Gasteiger partial charge in [0.2, 0.25) is 0 Å². The molecule has 2 aliphatic rings. The van der Waals surface area contributed by atoms with Crippen LogP contribution in [0.2, 0.25) is 0 Å². The van der Waals surface area contributed by atoms with Crippen LogP contribution in [0.15, 0.2) is 18.3 Å². The van der Waals surface area contributed by atoms with Crippen LogP contribution in [0.25, 0.3) is 0 Å². The molecule has 1 aliphatic carbocycles. The molecule has 1 saturated heterocycles. The van der Waals surface area contributed by atoms with Crippen LogP contribution >= 0.6 is 0 Å². The monoisotopic (exact) mass is 259 g/mol. The van der Waals surface area contributed by atoms with E-state index in [1.165, 1.54) is 69.4 Å². The Bertz CT molecular complexity index is 393. The lowest BCUT2D eigenvalue weighted by atomic mass is 10.1. The number of hydrogen-bond donors (Lipinski definition) is 1. The number of pyridine rings is 1. The Morgan fingerprint density at radius 3 is 2.58 bits per heavy atom. The van der Waals surface area contributed by atoms with Crippen LogP contribution in [0.1, 0.15) is 50.5 Å². The van der Waals surface area contributed by atoms with E-state index in [2.05, 4.69) is 27.3 Å². The third kappa shape index (κ3) is 3.69. The highest BCUT2D eigenvalue weighted by Gasteiger charge is 2.21. The van der Waals surface area contributed by atoms with Gasteiger partial charge >= 0.3 is 0 Å². The Morgan fingerprint density at radius 2 is 1.84 bits per heavy atom. The lowest BCUT2D eigenvalue weighted by Gasteiger charge is -2.27. The maximum atomic E-state index is 4.66. The van der Waals surface area contributed by atoms with Gasteiger partial charge in [-0.25, -0.2) is 4.98 Å². The molecule has 2 heterocycles. The van der Waals surface area contributed by atoms with Gasteiger partial charge in [0.15, 0.2) is 0 Å². The second-order valence-corrected chi connectivity index (χ2v) is 5.90. The van der Waals surface area contributed by atoms with Gasteiger partial charge in [0.1, 0.15) is 5.82 Å². The first kappa shape index (κ1) is 12.9. The van der Waals surface area contributed by atoms with E-state index < -0.39 is 0 Å². The second-order valence-electron chi connectivity index (χ2n) is 5.90. The molecule has 0 bridgehead atoms. The summed E-state index contributed by atoms with van der Waals surface area (Å²) in [4.78, 5) is 7.16. The molecule has 1 N–H and O–H groups in total. The molecule has 1 saturated carbocycles. The highest BCUT2D eigenvalue weighted by atomic mass is 15.2. The number of rotatable bonds is 4. The molecule has 19 heavy (non-hydrogen) atoms. The Balaban J connectivity index is 1.69. The number of aromatic nitrogens is 1. The zero-order chi connectivity index (χ0) is 12.9. The number of hydrogen-bond acceptors (Lipinski definition) is 3. The molecule has 0 amide bonds. The summed E-state index contributed by atoms with van der Waals surface area (Å²) in [6.07, 6.45) is 11.4. The molecule has 1 aliphatic heterocycles. The van der Waals surface area contributed by atoms with Crippen LogP contribution in [0, 0.1) is 0 Å². The summed E-state index contributed by atoms with van der Waals surface area (Å²) in [7, 11) is 0. The molecule has 0 radical (unpaired) electrons. The van der Waals surface area contributed by atoms with Crippen LogP contribution in [0.5, 0.6) is 0 Å². The van der Waals surface area contributed by atoms with E-state index in [0.29, 0.717) is 0 Å². The Kier molecular flexibility index (Phi) is 4.34. The van der Waals surface area contributed by atoms with Crippen LogP contribution < -0.4 is 10.2 Å². The van der Waals surface area contributed by atoms with E-state index in [1.54, 1.807) is 0 Å². The first-order valence-corrected chi connectivity index (χ1v) is 7.86. The highest BCUT2D eigenvalue weighted by molar-refractivity contribution is 5.46. The second kappa shape index (κ2) is 6.38. The number of anilines is 1. The maximum absolute atomic E-state index is 4.66. The fourth-order valence-corrected chi connectivity index (χ4v) is 2.85. The summed E-state index contributed by atoms with van der Waals surface area (Å²) in [5.74, 6) is 1.22. The van der Waals surface area contributed by atoms with Gasteiger partial charge in [0, 0.05) is 37.4 Å². The normalized spacial score (nSPS) is 20.9. The summed E-state index contributed by atoms with van der Waals surface area (Å²) in [5.41, 5.74) is 1.37. The van der Waals surface area contributed by atoms with Gasteiger partial charge in [-0.15, -0.1) is 0 Å². The number of nitrogens with zero attached hydrogens (tertiary/aromatic N) is 2. The lowest BCUT2D eigenvalue weighted by molar-refractivity contribution is 0.551. The summed E-state index contributed by atoms with van der Waals surface area (Å²) < 4.78 is 0. The van der Waals surface area contributed by atoms with Gasteiger partial charge in [-0.05, 0) is 31.7 Å². The molecule has 104 valence electrons. The summed E-state index contributed by atoms with van der Waals surface area (Å²) in [5, 5.41) is 3.61. The van der Waals surface area contributed by atoms with Crippen LogP contribution in [0.4, 0.5) is 5.82 Å². The van der Waals surface area contributed by atoms with Gasteiger partial charge in [-0.1, -0.05) is 25.3 Å². The fourth-order valence-electron chi connectivity index (χ4n) is 2.85. The molecule has 0 aromatic carbocycles. The van der Waals surface area contributed by atoms with E-state index in [9.17, 15) is 0 Å². The zero-order valence-corrected chi connectivity index (χ0v) is 11.8. The van der Waals surface area contributed by atoms with Crippen LogP contribution in [-0.2, 0) is 6.54 Å². The molecular weight excluding hydrogens is 234 g/mol. The van der Waals surface area contributed by atoms with Crippen molar-refractivity contribution in [2.45, 2.75) is 57.5 Å². The van der Waals surface area contributed by atoms with Gasteiger partial charge in [-0.2, -0.15) is 0 Å². The highest BCUT2D eigenvalue weighted by Crippen LogP contribution is 2.23. The van der Waals surface area contributed by atoms with E-state index >= 15 is 0 Å². The van der Waals surface area contributed by atoms with E-state index in [4.69, 9.17) is 0 Å². The van der Waals surface area contributed by atoms with Crippen molar-refractivity contribution in [3.63, 3.8) is 0 Å². The average molecular weight is 259 g/mol. The predicted molar refractivity (Wildman–Crippen MR) is 79.4 cm³/mol. The van der Waals surface area contributed by atoms with Crippen molar-refractivity contribution < 1.29 is 0 Å². The predicted octanol–water partition coefficient (Wildman–Crippen LogP) is 3.10. The Morgan fingerprint density at radius 1 is 1.11 bits per heavy atom. The largest absolute Gasteiger partial charge is 0.356 e. The third-order valence-corrected chi connectivity index (χ3v) is 4.18. The van der Waals surface area contributed by atoms with Gasteiger partial charge in [0.25, 0.3) is 0 Å². The van der Waals surface area contributed by atoms with Crippen molar-refractivity contribution in [3.05, 3.63) is 23.9 Å². The van der Waals surface area contributed by atoms with Crippen molar-refractivity contribution in [1.82, 2.24) is 10.3 Å². The van der Waals surface area contributed by atoms with E-state index in [0.717, 1.165) is 12.6 Å². The van der Waals surface area contributed by atoms with Gasteiger partial charge < -0.3 is 10.2 Å². The molecule has 0 spiro atoms. The van der Waals surface area contributed by atoms with Crippen molar-refractivity contribution >= 4 is 5.82 Å². The standard InChI is InChI=1S/C16H25N3/c1-2-4-11-19(12-5-3-1)16-14(7-6-10-17-16)13-18-15-8-9-15/h6-7,10,15,18H,1-5,8-9,11-13H2. The average Bonchev–Trinajstić information content (AvgIpc) is 3.21. The first-order valence-electron chi connectivity index (χ1n) is 7.86. The Hall–Kier alpha value is -1.09. The smallest absolute Gasteiger partial charge is 0.133 e. The first-order chi connectivity index (χ1) is 9.43. The zero-order valence-electron chi connectivity index (χ0n) is 11.8. The molecule has 0 unspecified atom stereocenters. The third-order valence-electron chi connectivity index (χ3n) is 4.18. The molecule has 3 heteroatoms. The molecule has 0 atom stereocenters. The Labute approximate surface area is 116 Å². The molecule has 3 rings (SSSR count). The summed E-state index contributed by atoms with van der Waals surface area (Å²) >= 11 is 0. The summed E-state index contributed by atoms with van der Waals surface area (Å²) in [6.45, 7) is 3.32. The van der Waals surface area contributed by atoms with Crippen molar-refractivity contribution in [3.8, 4) is 0 Å². The van der Waals surface area contributed by atoms with E-state index in [-0.39, 0.29) is 0 Å². The molecule has 1 aromatic rings. The summed E-state index contributed by atoms with van der Waals surface area (Å²) in [6, 6.07) is 5.06. The SMILES string of the molecule is c1cnc(N2CCCCCCC2)c(CNC2CC2)c1. The maximum Gasteiger partial charge on any atom is 0.133 e. The van der Waals surface area contributed by atoms with Crippen LogP contribution in [-0.4, -0.2) is 24.1 Å². The fraction of sp³-hybridized carbons (Fsp3) is 0.688. The molecule has 1 aromatic heterocycles. The minimum atomic E-state index is 0.764. The van der Waals surface area contributed by atoms with E-state index in [1.807, 2.05) is 6.20 Å².